The second kappa shape index (κ2) is 5.29. The minimum absolute atomic E-state index is 0.162. The first-order chi connectivity index (χ1) is 9.29. The molecule has 0 aliphatic carbocycles. The van der Waals surface area contributed by atoms with Crippen LogP contribution in [0, 0.1) is 5.41 Å². The van der Waals surface area contributed by atoms with E-state index >= 15 is 0 Å². The van der Waals surface area contributed by atoms with Crippen molar-refractivity contribution in [2.24, 2.45) is 11.1 Å². The molecule has 3 N–H and O–H groups in total. The fraction of sp³-hybridized carbons (Fsp3) is 0.438. The smallest absolute Gasteiger partial charge is 0.238 e. The molecule has 4 nitrogen and oxygen atoms in total. The van der Waals surface area contributed by atoms with Crippen molar-refractivity contribution in [1.29, 1.82) is 0 Å². The maximum atomic E-state index is 12.1. The van der Waals surface area contributed by atoms with Gasteiger partial charge in [-0.15, -0.1) is 0 Å². The summed E-state index contributed by atoms with van der Waals surface area (Å²) < 4.78 is 5.74. The molecule has 0 aliphatic heterocycles. The van der Waals surface area contributed by atoms with E-state index in [1.165, 1.54) is 0 Å². The van der Waals surface area contributed by atoms with Crippen molar-refractivity contribution in [3.63, 3.8) is 0 Å². The molecule has 2 atom stereocenters. The number of rotatable bonds is 3. The second-order valence-electron chi connectivity index (χ2n) is 6.26. The van der Waals surface area contributed by atoms with Gasteiger partial charge in [0.15, 0.2) is 0 Å². The lowest BCUT2D eigenvalue weighted by molar-refractivity contribution is -0.125. The van der Waals surface area contributed by atoms with E-state index in [1.807, 2.05) is 58.0 Å². The molecule has 0 bridgehead atoms. The molecule has 1 aromatic carbocycles. The molecule has 0 radical (unpaired) electrons. The molecule has 0 fully saturated rings. The Labute approximate surface area is 119 Å². The molecule has 0 saturated heterocycles. The summed E-state index contributed by atoms with van der Waals surface area (Å²) in [5.41, 5.74) is 6.51. The fourth-order valence-corrected chi connectivity index (χ4v) is 1.98. The van der Waals surface area contributed by atoms with Gasteiger partial charge in [-0.1, -0.05) is 39.0 Å². The minimum Gasteiger partial charge on any atom is -0.459 e. The van der Waals surface area contributed by atoms with Crippen molar-refractivity contribution in [2.45, 2.75) is 39.8 Å². The maximum Gasteiger partial charge on any atom is 0.238 e. The van der Waals surface area contributed by atoms with Crippen molar-refractivity contribution in [3.05, 3.63) is 36.1 Å². The van der Waals surface area contributed by atoms with Gasteiger partial charge in [0.05, 0.1) is 12.1 Å². The zero-order chi connectivity index (χ0) is 14.9. The number of hydrogen-bond acceptors (Lipinski definition) is 3. The van der Waals surface area contributed by atoms with Crippen LogP contribution in [0.25, 0.3) is 11.0 Å². The number of para-hydroxylation sites is 1. The van der Waals surface area contributed by atoms with Crippen LogP contribution in [0.3, 0.4) is 0 Å². The van der Waals surface area contributed by atoms with Gasteiger partial charge in [0.1, 0.15) is 11.3 Å². The molecule has 1 heterocycles. The highest BCUT2D eigenvalue weighted by Gasteiger charge is 2.28. The highest BCUT2D eigenvalue weighted by Crippen LogP contribution is 2.24. The molecule has 4 heteroatoms. The summed E-state index contributed by atoms with van der Waals surface area (Å²) in [5.74, 6) is 0.575. The van der Waals surface area contributed by atoms with E-state index in [4.69, 9.17) is 10.2 Å². The normalized spacial score (nSPS) is 15.1. The van der Waals surface area contributed by atoms with Gasteiger partial charge in [-0.2, -0.15) is 0 Å². The summed E-state index contributed by atoms with van der Waals surface area (Å²) in [6.07, 6.45) is 0. The number of amides is 1. The van der Waals surface area contributed by atoms with Crippen molar-refractivity contribution >= 4 is 16.9 Å². The van der Waals surface area contributed by atoms with Crippen LogP contribution in [0.5, 0.6) is 0 Å². The molecule has 1 amide bonds. The predicted molar refractivity (Wildman–Crippen MR) is 80.2 cm³/mol. The minimum atomic E-state index is -0.547. The third-order valence-corrected chi connectivity index (χ3v) is 3.45. The first kappa shape index (κ1) is 14.6. The quantitative estimate of drug-likeness (QED) is 0.904. The molecule has 0 saturated carbocycles. The van der Waals surface area contributed by atoms with E-state index in [9.17, 15) is 4.79 Å². The van der Waals surface area contributed by atoms with Gasteiger partial charge in [-0.05, 0) is 24.5 Å². The van der Waals surface area contributed by atoms with Crippen LogP contribution in [-0.4, -0.2) is 11.9 Å². The zero-order valence-corrected chi connectivity index (χ0v) is 12.4. The summed E-state index contributed by atoms with van der Waals surface area (Å²) in [7, 11) is 0. The molecule has 1 unspecified atom stereocenters. The predicted octanol–water partition coefficient (Wildman–Crippen LogP) is 2.98. The Kier molecular flexibility index (Phi) is 3.86. The van der Waals surface area contributed by atoms with Crippen molar-refractivity contribution in [1.82, 2.24) is 5.32 Å². The van der Waals surface area contributed by atoms with Crippen LogP contribution in [0.1, 0.15) is 39.5 Å². The summed E-state index contributed by atoms with van der Waals surface area (Å²) in [5, 5.41) is 3.94. The maximum absolute atomic E-state index is 12.1. The van der Waals surface area contributed by atoms with E-state index in [0.29, 0.717) is 0 Å². The SMILES string of the molecule is CC(NC(=O)[C@@H](N)C(C)(C)C)c1cc2ccccc2o1. The third kappa shape index (κ3) is 3.02. The van der Waals surface area contributed by atoms with Crippen molar-refractivity contribution in [2.75, 3.05) is 0 Å². The second-order valence-corrected chi connectivity index (χ2v) is 6.26. The lowest BCUT2D eigenvalue weighted by Crippen LogP contribution is -2.49. The van der Waals surface area contributed by atoms with E-state index in [-0.39, 0.29) is 17.4 Å². The van der Waals surface area contributed by atoms with E-state index in [2.05, 4.69) is 5.32 Å². The van der Waals surface area contributed by atoms with Gasteiger partial charge in [0.25, 0.3) is 0 Å². The Morgan fingerprint density at radius 1 is 1.30 bits per heavy atom. The number of carbonyl (C=O) groups excluding carboxylic acids is 1. The summed E-state index contributed by atoms with van der Waals surface area (Å²) in [6.45, 7) is 7.74. The standard InChI is InChI=1S/C16H22N2O2/c1-10(18-15(19)14(17)16(2,3)4)13-9-11-7-5-6-8-12(11)20-13/h5-10,14H,17H2,1-4H3,(H,18,19)/t10?,14-/m1/s1. The number of fused-ring (bicyclic) bond motifs is 1. The topological polar surface area (TPSA) is 68.3 Å². The van der Waals surface area contributed by atoms with Crippen molar-refractivity contribution in [3.8, 4) is 0 Å². The molecule has 2 aromatic rings. The largest absolute Gasteiger partial charge is 0.459 e. The molecule has 2 rings (SSSR count). The van der Waals surface area contributed by atoms with Gasteiger partial charge in [-0.25, -0.2) is 0 Å². The number of furan rings is 1. The average Bonchev–Trinajstić information content (AvgIpc) is 2.80. The van der Waals surface area contributed by atoms with Gasteiger partial charge >= 0.3 is 0 Å². The molecule has 108 valence electrons. The molecule has 1 aromatic heterocycles. The van der Waals surface area contributed by atoms with Gasteiger partial charge in [-0.3, -0.25) is 4.79 Å². The number of carbonyl (C=O) groups is 1. The fourth-order valence-electron chi connectivity index (χ4n) is 1.98. The molecular formula is C16H22N2O2. The summed E-state index contributed by atoms with van der Waals surface area (Å²) in [4.78, 5) is 12.1. The lowest BCUT2D eigenvalue weighted by Gasteiger charge is -2.27. The van der Waals surface area contributed by atoms with Crippen LogP contribution >= 0.6 is 0 Å². The Bertz CT molecular complexity index is 577. The zero-order valence-electron chi connectivity index (χ0n) is 12.4. The van der Waals surface area contributed by atoms with E-state index < -0.39 is 6.04 Å². The molecular weight excluding hydrogens is 252 g/mol. The van der Waals surface area contributed by atoms with E-state index in [1.54, 1.807) is 0 Å². The van der Waals surface area contributed by atoms with Crippen LogP contribution in [0.2, 0.25) is 0 Å². The summed E-state index contributed by atoms with van der Waals surface area (Å²) in [6, 6.07) is 8.97. The van der Waals surface area contributed by atoms with Gasteiger partial charge < -0.3 is 15.5 Å². The number of benzene rings is 1. The highest BCUT2D eigenvalue weighted by molar-refractivity contribution is 5.83. The van der Waals surface area contributed by atoms with Crippen LogP contribution < -0.4 is 11.1 Å². The van der Waals surface area contributed by atoms with Gasteiger partial charge in [0, 0.05) is 5.39 Å². The molecule has 0 spiro atoms. The highest BCUT2D eigenvalue weighted by atomic mass is 16.3. The monoisotopic (exact) mass is 274 g/mol. The van der Waals surface area contributed by atoms with Crippen LogP contribution in [0.4, 0.5) is 0 Å². The van der Waals surface area contributed by atoms with Crippen molar-refractivity contribution < 1.29 is 9.21 Å². The Hall–Kier alpha value is -1.81. The van der Waals surface area contributed by atoms with Gasteiger partial charge in [0.2, 0.25) is 5.91 Å². The Morgan fingerprint density at radius 3 is 2.55 bits per heavy atom. The van der Waals surface area contributed by atoms with E-state index in [0.717, 1.165) is 16.7 Å². The first-order valence-corrected chi connectivity index (χ1v) is 6.83. The van der Waals surface area contributed by atoms with Crippen LogP contribution in [-0.2, 0) is 4.79 Å². The number of nitrogens with two attached hydrogens (primary N) is 1. The first-order valence-electron chi connectivity index (χ1n) is 6.83. The Balaban J connectivity index is 2.12. The molecule has 0 aliphatic rings. The average molecular weight is 274 g/mol. The number of nitrogens with one attached hydrogen (secondary N) is 1. The van der Waals surface area contributed by atoms with Crippen LogP contribution in [0.15, 0.2) is 34.7 Å². The molecule has 20 heavy (non-hydrogen) atoms. The third-order valence-electron chi connectivity index (χ3n) is 3.45. The Morgan fingerprint density at radius 2 is 1.95 bits per heavy atom. The number of hydrogen-bond donors (Lipinski definition) is 2. The summed E-state index contributed by atoms with van der Waals surface area (Å²) >= 11 is 0. The lowest BCUT2D eigenvalue weighted by atomic mass is 9.87.